The first-order valence-corrected chi connectivity index (χ1v) is 10.2. The highest BCUT2D eigenvalue weighted by molar-refractivity contribution is 8.00. The van der Waals surface area contributed by atoms with Gasteiger partial charge in [-0.2, -0.15) is 0 Å². The second-order valence-electron chi connectivity index (χ2n) is 6.62. The Kier molecular flexibility index (Phi) is 12.9. The molecule has 7 N–H and O–H groups in total. The lowest BCUT2D eigenvalue weighted by Gasteiger charge is -2.20. The number of rotatable bonds is 15. The van der Waals surface area contributed by atoms with E-state index < -0.39 is 72.1 Å². The third kappa shape index (κ3) is 13.1. The molecular weight excluding hydrogens is 438 g/mol. The Bertz CT molecular complexity index is 685. The molecule has 0 aliphatic heterocycles. The third-order valence-electron chi connectivity index (χ3n) is 3.52. The van der Waals surface area contributed by atoms with Gasteiger partial charge in [-0.05, 0) is 20.3 Å². The summed E-state index contributed by atoms with van der Waals surface area (Å²) in [5.41, 5.74) is 5.32. The molecule has 0 radical (unpaired) electrons. The van der Waals surface area contributed by atoms with Crippen molar-refractivity contribution in [2.75, 3.05) is 12.3 Å². The van der Waals surface area contributed by atoms with Crippen LogP contribution in [-0.4, -0.2) is 86.7 Å². The number of esters is 1. The number of hydrogen-bond donors (Lipinski definition) is 6. The Morgan fingerprint density at radius 2 is 1.65 bits per heavy atom. The van der Waals surface area contributed by atoms with Crippen molar-refractivity contribution in [1.82, 2.24) is 10.6 Å². The molecule has 0 aliphatic rings. The smallest absolute Gasteiger partial charge is 0.325 e. The largest absolute Gasteiger partial charge is 0.481 e. The molecule has 0 heterocycles. The summed E-state index contributed by atoms with van der Waals surface area (Å²) >= 11 is 0.620. The summed E-state index contributed by atoms with van der Waals surface area (Å²) < 4.78 is 4.86. The highest BCUT2D eigenvalue weighted by Gasteiger charge is 2.27. The van der Waals surface area contributed by atoms with Crippen molar-refractivity contribution < 1.29 is 48.8 Å². The van der Waals surface area contributed by atoms with Crippen LogP contribution in [0.5, 0.6) is 0 Å². The van der Waals surface area contributed by atoms with Crippen molar-refractivity contribution in [2.24, 2.45) is 5.73 Å². The number of aliphatic carboxylic acids is 3. The lowest BCUT2D eigenvalue weighted by Crippen LogP contribution is -2.50. The molecule has 3 atom stereocenters. The predicted molar refractivity (Wildman–Crippen MR) is 107 cm³/mol. The highest BCUT2D eigenvalue weighted by atomic mass is 32.2. The summed E-state index contributed by atoms with van der Waals surface area (Å²) in [6.45, 7) is 2.71. The van der Waals surface area contributed by atoms with Crippen LogP contribution in [0.15, 0.2) is 0 Å². The molecule has 13 nitrogen and oxygen atoms in total. The number of ether oxygens (including phenoxy) is 1. The number of nitrogens with one attached hydrogen (secondary N) is 2. The van der Waals surface area contributed by atoms with E-state index in [1.54, 1.807) is 13.8 Å². The fourth-order valence-electron chi connectivity index (χ4n) is 2.04. The number of amides is 2. The number of carbonyl (C=O) groups excluding carboxylic acids is 3. The minimum absolute atomic E-state index is 0.208. The number of carbonyl (C=O) groups is 6. The second-order valence-corrected chi connectivity index (χ2v) is 7.85. The topological polar surface area (TPSA) is 222 Å². The molecule has 0 aliphatic carbocycles. The summed E-state index contributed by atoms with van der Waals surface area (Å²) in [6, 6.07) is -2.61. The van der Waals surface area contributed by atoms with Gasteiger partial charge in [0.1, 0.15) is 23.9 Å². The summed E-state index contributed by atoms with van der Waals surface area (Å²) in [4.78, 5) is 68.8. The summed E-state index contributed by atoms with van der Waals surface area (Å²) in [6.07, 6.45) is -1.66. The maximum absolute atomic E-state index is 12.4. The molecule has 0 saturated heterocycles. The number of carboxylic acids is 3. The molecular formula is C17H27N3O10S. The summed E-state index contributed by atoms with van der Waals surface area (Å²) in [5.74, 6) is -6.68. The van der Waals surface area contributed by atoms with E-state index in [2.05, 4.69) is 10.6 Å². The lowest BCUT2D eigenvalue weighted by molar-refractivity contribution is -0.147. The molecule has 0 bridgehead atoms. The van der Waals surface area contributed by atoms with Crippen LogP contribution in [0.2, 0.25) is 0 Å². The molecule has 0 aromatic heterocycles. The Balaban J connectivity index is 5.08. The number of carboxylic acid groups (broad SMARTS) is 3. The molecule has 0 saturated carbocycles. The Morgan fingerprint density at radius 3 is 2.13 bits per heavy atom. The van der Waals surface area contributed by atoms with E-state index in [-0.39, 0.29) is 18.6 Å². The average Bonchev–Trinajstić information content (AvgIpc) is 2.64. The van der Waals surface area contributed by atoms with E-state index in [9.17, 15) is 28.8 Å². The van der Waals surface area contributed by atoms with Crippen LogP contribution in [0.3, 0.4) is 0 Å². The first-order valence-electron chi connectivity index (χ1n) is 9.14. The van der Waals surface area contributed by atoms with Gasteiger partial charge in [-0.15, -0.1) is 11.8 Å². The van der Waals surface area contributed by atoms with E-state index in [1.807, 2.05) is 0 Å². The van der Waals surface area contributed by atoms with E-state index in [0.29, 0.717) is 11.8 Å². The minimum atomic E-state index is -1.41. The zero-order valence-corrected chi connectivity index (χ0v) is 17.8. The second kappa shape index (κ2) is 14.2. The van der Waals surface area contributed by atoms with Gasteiger partial charge >= 0.3 is 23.9 Å². The quantitative estimate of drug-likeness (QED) is 0.150. The maximum Gasteiger partial charge on any atom is 0.325 e. The van der Waals surface area contributed by atoms with Gasteiger partial charge in [-0.1, -0.05) is 0 Å². The normalized spacial score (nSPS) is 13.5. The fraction of sp³-hybridized carbons (Fsp3) is 0.647. The molecule has 2 amide bonds. The first kappa shape index (κ1) is 28.1. The average molecular weight is 465 g/mol. The van der Waals surface area contributed by atoms with Crippen molar-refractivity contribution in [2.45, 2.75) is 56.5 Å². The van der Waals surface area contributed by atoms with Gasteiger partial charge < -0.3 is 36.4 Å². The molecule has 0 aromatic carbocycles. The number of hydrogen-bond acceptors (Lipinski definition) is 9. The zero-order chi connectivity index (χ0) is 24.1. The van der Waals surface area contributed by atoms with Gasteiger partial charge in [0.05, 0.1) is 12.5 Å². The van der Waals surface area contributed by atoms with Crippen LogP contribution in [0.25, 0.3) is 0 Å². The fourth-order valence-corrected chi connectivity index (χ4v) is 3.10. The van der Waals surface area contributed by atoms with E-state index in [1.165, 1.54) is 0 Å². The molecule has 31 heavy (non-hydrogen) atoms. The van der Waals surface area contributed by atoms with Gasteiger partial charge in [0.2, 0.25) is 11.8 Å². The highest BCUT2D eigenvalue weighted by Crippen LogP contribution is 2.17. The monoisotopic (exact) mass is 465 g/mol. The van der Waals surface area contributed by atoms with Crippen molar-refractivity contribution in [3.8, 4) is 0 Å². The molecule has 176 valence electrons. The van der Waals surface area contributed by atoms with Crippen LogP contribution in [-0.2, 0) is 33.5 Å². The van der Waals surface area contributed by atoms with Crippen LogP contribution in [0.1, 0.15) is 33.1 Å². The predicted octanol–water partition coefficient (Wildman–Crippen LogP) is -1.61. The Hall–Kier alpha value is -2.87. The molecule has 3 unspecified atom stereocenters. The van der Waals surface area contributed by atoms with Gasteiger partial charge in [0, 0.05) is 12.2 Å². The Morgan fingerprint density at radius 1 is 1.03 bits per heavy atom. The molecule has 0 spiro atoms. The van der Waals surface area contributed by atoms with Crippen LogP contribution < -0.4 is 16.4 Å². The standard InChI is InChI=1S/C17H27N3O10S/c1-8(2)30-14(24)6-19-15(25)10(7-31-11(17(28)29)5-13(22)23)20-12(21)4-3-9(18)16(26)27/h8-11H,3-7,18H2,1-2H3,(H,19,25)(H,20,21)(H,22,23)(H,26,27)(H,28,29). The van der Waals surface area contributed by atoms with Gasteiger partial charge in [-0.25, -0.2) is 0 Å². The van der Waals surface area contributed by atoms with E-state index in [4.69, 9.17) is 25.8 Å². The van der Waals surface area contributed by atoms with Gasteiger partial charge in [-0.3, -0.25) is 28.8 Å². The van der Waals surface area contributed by atoms with Crippen LogP contribution in [0.4, 0.5) is 0 Å². The van der Waals surface area contributed by atoms with Crippen LogP contribution >= 0.6 is 11.8 Å². The van der Waals surface area contributed by atoms with Crippen molar-refractivity contribution in [3.05, 3.63) is 0 Å². The lowest BCUT2D eigenvalue weighted by atomic mass is 10.1. The first-order chi connectivity index (χ1) is 14.3. The molecule has 0 rings (SSSR count). The van der Waals surface area contributed by atoms with E-state index in [0.717, 1.165) is 0 Å². The minimum Gasteiger partial charge on any atom is -0.481 e. The van der Waals surface area contributed by atoms with Crippen molar-refractivity contribution in [1.29, 1.82) is 0 Å². The summed E-state index contributed by atoms with van der Waals surface area (Å²) in [5, 5.41) is 29.8. The SMILES string of the molecule is CC(C)OC(=O)CNC(=O)C(CSC(CC(=O)O)C(=O)O)NC(=O)CCC(N)C(=O)O. The summed E-state index contributed by atoms with van der Waals surface area (Å²) in [7, 11) is 0. The number of thioether (sulfide) groups is 1. The molecule has 0 aromatic rings. The van der Waals surface area contributed by atoms with E-state index >= 15 is 0 Å². The van der Waals surface area contributed by atoms with Crippen molar-refractivity contribution in [3.63, 3.8) is 0 Å². The molecule has 0 fully saturated rings. The Labute approximate surface area is 182 Å². The van der Waals surface area contributed by atoms with Gasteiger partial charge in [0.15, 0.2) is 0 Å². The number of nitrogens with two attached hydrogens (primary N) is 1. The van der Waals surface area contributed by atoms with Crippen molar-refractivity contribution >= 4 is 47.5 Å². The van der Waals surface area contributed by atoms with Crippen LogP contribution in [0, 0.1) is 0 Å². The molecule has 14 heteroatoms. The van der Waals surface area contributed by atoms with Gasteiger partial charge in [0.25, 0.3) is 0 Å². The third-order valence-corrected chi connectivity index (χ3v) is 4.82. The maximum atomic E-state index is 12.4. The zero-order valence-electron chi connectivity index (χ0n) is 17.0.